The van der Waals surface area contributed by atoms with Gasteiger partial charge in [0.15, 0.2) is 0 Å². The minimum atomic E-state index is -0.435. The van der Waals surface area contributed by atoms with Crippen molar-refractivity contribution in [3.05, 3.63) is 35.9 Å². The van der Waals surface area contributed by atoms with Crippen molar-refractivity contribution < 1.29 is 9.53 Å². The number of hydrogen-bond donors (Lipinski definition) is 0. The molecule has 2 atom stereocenters. The molecule has 3 heteroatoms. The fourth-order valence-corrected chi connectivity index (χ4v) is 3.00. The van der Waals surface area contributed by atoms with E-state index in [1.807, 2.05) is 31.7 Å². The Morgan fingerprint density at radius 3 is 2.52 bits per heavy atom. The molecule has 1 aromatic carbocycles. The summed E-state index contributed by atoms with van der Waals surface area (Å²) in [5, 5.41) is 0. The Labute approximate surface area is 128 Å². The molecule has 1 saturated heterocycles. The Morgan fingerprint density at radius 1 is 1.24 bits per heavy atom. The number of piperidine rings is 1. The molecule has 1 aliphatic heterocycles. The first-order valence-electron chi connectivity index (χ1n) is 7.93. The molecule has 21 heavy (non-hydrogen) atoms. The van der Waals surface area contributed by atoms with Gasteiger partial charge in [0.1, 0.15) is 5.60 Å². The van der Waals surface area contributed by atoms with Crippen LogP contribution in [0.25, 0.3) is 0 Å². The zero-order chi connectivity index (χ0) is 15.5. The second-order valence-corrected chi connectivity index (χ2v) is 6.94. The second kappa shape index (κ2) is 6.50. The predicted molar refractivity (Wildman–Crippen MR) is 85.4 cm³/mol. The molecule has 0 saturated carbocycles. The van der Waals surface area contributed by atoms with Crippen LogP contribution < -0.4 is 0 Å². The van der Waals surface area contributed by atoms with Gasteiger partial charge in [0.05, 0.1) is 0 Å². The number of likely N-dealkylation sites (tertiary alicyclic amines) is 1. The van der Waals surface area contributed by atoms with Gasteiger partial charge in [-0.05, 0) is 45.6 Å². The van der Waals surface area contributed by atoms with E-state index in [1.54, 1.807) is 0 Å². The summed E-state index contributed by atoms with van der Waals surface area (Å²) in [4.78, 5) is 14.4. The highest BCUT2D eigenvalue weighted by Crippen LogP contribution is 2.31. The maximum absolute atomic E-state index is 12.5. The summed E-state index contributed by atoms with van der Waals surface area (Å²) < 4.78 is 5.58. The molecule has 0 N–H and O–H groups in total. The molecule has 0 radical (unpaired) electrons. The summed E-state index contributed by atoms with van der Waals surface area (Å²) in [7, 11) is 0. The van der Waals surface area contributed by atoms with E-state index in [0.717, 1.165) is 19.4 Å². The van der Waals surface area contributed by atoms with Crippen LogP contribution >= 0.6 is 0 Å². The topological polar surface area (TPSA) is 29.5 Å². The van der Waals surface area contributed by atoms with Gasteiger partial charge in [-0.2, -0.15) is 0 Å². The van der Waals surface area contributed by atoms with E-state index in [9.17, 15) is 4.79 Å². The third kappa shape index (κ3) is 4.23. The number of hydrogen-bond acceptors (Lipinski definition) is 2. The number of carbonyl (C=O) groups excluding carboxylic acids is 1. The van der Waals surface area contributed by atoms with Gasteiger partial charge in [-0.1, -0.05) is 37.3 Å². The lowest BCUT2D eigenvalue weighted by Crippen LogP contribution is -2.48. The number of nitrogens with zero attached hydrogens (tertiary/aromatic N) is 1. The van der Waals surface area contributed by atoms with Gasteiger partial charge in [0.25, 0.3) is 0 Å². The van der Waals surface area contributed by atoms with Crippen LogP contribution in [0.1, 0.15) is 58.4 Å². The molecule has 1 aromatic rings. The highest BCUT2D eigenvalue weighted by Gasteiger charge is 2.33. The standard InChI is InChI=1S/C18H27NO2/c1-14(15-10-6-5-7-11-15)16-12-8-9-13-19(16)17(20)21-18(2,3)4/h5-7,10-11,14,16H,8-9,12-13H2,1-4H3. The van der Waals surface area contributed by atoms with Crippen LogP contribution in [-0.2, 0) is 4.74 Å². The quantitative estimate of drug-likeness (QED) is 0.797. The van der Waals surface area contributed by atoms with E-state index in [2.05, 4.69) is 31.2 Å². The van der Waals surface area contributed by atoms with E-state index < -0.39 is 5.60 Å². The van der Waals surface area contributed by atoms with Crippen molar-refractivity contribution in [2.45, 2.75) is 64.5 Å². The molecule has 1 aliphatic rings. The molecule has 1 amide bonds. The smallest absolute Gasteiger partial charge is 0.410 e. The third-order valence-electron chi connectivity index (χ3n) is 4.08. The van der Waals surface area contributed by atoms with Crippen molar-refractivity contribution in [3.63, 3.8) is 0 Å². The maximum atomic E-state index is 12.5. The number of rotatable bonds is 2. The van der Waals surface area contributed by atoms with Crippen LogP contribution in [0.2, 0.25) is 0 Å². The monoisotopic (exact) mass is 289 g/mol. The molecule has 0 aliphatic carbocycles. The summed E-state index contributed by atoms with van der Waals surface area (Å²) in [5.74, 6) is 0.332. The van der Waals surface area contributed by atoms with Gasteiger partial charge in [0.2, 0.25) is 0 Å². The lowest BCUT2D eigenvalue weighted by Gasteiger charge is -2.40. The van der Waals surface area contributed by atoms with Crippen LogP contribution in [0.15, 0.2) is 30.3 Å². The van der Waals surface area contributed by atoms with Crippen LogP contribution in [0.5, 0.6) is 0 Å². The van der Waals surface area contributed by atoms with Crippen molar-refractivity contribution in [2.24, 2.45) is 0 Å². The van der Waals surface area contributed by atoms with Gasteiger partial charge >= 0.3 is 6.09 Å². The van der Waals surface area contributed by atoms with Crippen LogP contribution in [0.4, 0.5) is 4.79 Å². The average Bonchev–Trinajstić information content (AvgIpc) is 2.45. The molecule has 0 aromatic heterocycles. The molecule has 0 spiro atoms. The van der Waals surface area contributed by atoms with Crippen molar-refractivity contribution >= 4 is 6.09 Å². The molecule has 2 rings (SSSR count). The summed E-state index contributed by atoms with van der Waals surface area (Å²) >= 11 is 0. The van der Waals surface area contributed by atoms with Gasteiger partial charge in [-0.25, -0.2) is 4.79 Å². The summed E-state index contributed by atoms with van der Waals surface area (Å²) in [6, 6.07) is 10.7. The largest absolute Gasteiger partial charge is 0.444 e. The number of benzene rings is 1. The normalized spacial score (nSPS) is 21.0. The van der Waals surface area contributed by atoms with Gasteiger partial charge < -0.3 is 9.64 Å². The van der Waals surface area contributed by atoms with Crippen LogP contribution in [0.3, 0.4) is 0 Å². The Morgan fingerprint density at radius 2 is 1.90 bits per heavy atom. The van der Waals surface area contributed by atoms with Gasteiger partial charge in [0, 0.05) is 18.5 Å². The van der Waals surface area contributed by atoms with Gasteiger partial charge in [-0.15, -0.1) is 0 Å². The molecular formula is C18H27NO2. The molecule has 2 unspecified atom stereocenters. The predicted octanol–water partition coefficient (Wildman–Crippen LogP) is 4.58. The first kappa shape index (κ1) is 15.9. The zero-order valence-corrected chi connectivity index (χ0v) is 13.6. The Balaban J connectivity index is 2.13. The SMILES string of the molecule is CC(c1ccccc1)C1CCCCN1C(=O)OC(C)(C)C. The Bertz CT molecular complexity index is 464. The van der Waals surface area contributed by atoms with E-state index in [0.29, 0.717) is 5.92 Å². The number of carbonyl (C=O) groups is 1. The summed E-state index contributed by atoms with van der Waals surface area (Å²) in [6.07, 6.45) is 3.13. The molecule has 0 bridgehead atoms. The minimum absolute atomic E-state index is 0.171. The fourth-order valence-electron chi connectivity index (χ4n) is 3.00. The van der Waals surface area contributed by atoms with E-state index in [1.165, 1.54) is 12.0 Å². The first-order valence-corrected chi connectivity index (χ1v) is 7.93. The lowest BCUT2D eigenvalue weighted by atomic mass is 9.87. The van der Waals surface area contributed by atoms with Crippen LogP contribution in [-0.4, -0.2) is 29.2 Å². The fraction of sp³-hybridized carbons (Fsp3) is 0.611. The average molecular weight is 289 g/mol. The second-order valence-electron chi connectivity index (χ2n) is 6.94. The number of ether oxygens (including phenoxy) is 1. The maximum Gasteiger partial charge on any atom is 0.410 e. The highest BCUT2D eigenvalue weighted by molar-refractivity contribution is 5.69. The third-order valence-corrected chi connectivity index (χ3v) is 4.08. The van der Waals surface area contributed by atoms with Gasteiger partial charge in [-0.3, -0.25) is 0 Å². The van der Waals surface area contributed by atoms with E-state index in [-0.39, 0.29) is 12.1 Å². The highest BCUT2D eigenvalue weighted by atomic mass is 16.6. The van der Waals surface area contributed by atoms with Crippen molar-refractivity contribution in [1.29, 1.82) is 0 Å². The Hall–Kier alpha value is -1.51. The summed E-state index contributed by atoms with van der Waals surface area (Å²) in [6.45, 7) is 8.78. The summed E-state index contributed by atoms with van der Waals surface area (Å²) in [5.41, 5.74) is 0.854. The van der Waals surface area contributed by atoms with Crippen molar-refractivity contribution in [2.75, 3.05) is 6.54 Å². The van der Waals surface area contributed by atoms with E-state index >= 15 is 0 Å². The van der Waals surface area contributed by atoms with Crippen molar-refractivity contribution in [3.8, 4) is 0 Å². The minimum Gasteiger partial charge on any atom is -0.444 e. The van der Waals surface area contributed by atoms with E-state index in [4.69, 9.17) is 4.74 Å². The molecule has 116 valence electrons. The lowest BCUT2D eigenvalue weighted by molar-refractivity contribution is 0.00701. The molecule has 1 heterocycles. The number of amides is 1. The first-order chi connectivity index (χ1) is 9.88. The zero-order valence-electron chi connectivity index (χ0n) is 13.6. The molecule has 3 nitrogen and oxygen atoms in total. The Kier molecular flexibility index (Phi) is 4.92. The van der Waals surface area contributed by atoms with Crippen LogP contribution in [0, 0.1) is 0 Å². The molecule has 1 fully saturated rings. The molecular weight excluding hydrogens is 262 g/mol. The van der Waals surface area contributed by atoms with Crippen molar-refractivity contribution in [1.82, 2.24) is 4.90 Å².